The van der Waals surface area contributed by atoms with Crippen LogP contribution >= 0.6 is 11.3 Å². The van der Waals surface area contributed by atoms with E-state index in [9.17, 15) is 4.79 Å². The van der Waals surface area contributed by atoms with E-state index in [4.69, 9.17) is 11.5 Å². The van der Waals surface area contributed by atoms with Crippen LogP contribution in [0.1, 0.15) is 43.5 Å². The Morgan fingerprint density at radius 1 is 1.50 bits per heavy atom. The molecule has 0 radical (unpaired) electrons. The van der Waals surface area contributed by atoms with E-state index < -0.39 is 0 Å². The van der Waals surface area contributed by atoms with Crippen LogP contribution in [0.15, 0.2) is 17.5 Å². The van der Waals surface area contributed by atoms with Crippen molar-refractivity contribution in [1.29, 1.82) is 0 Å². The van der Waals surface area contributed by atoms with Crippen LogP contribution in [0, 0.1) is 5.92 Å². The van der Waals surface area contributed by atoms with Gasteiger partial charge in [0.25, 0.3) is 0 Å². The molecule has 0 bridgehead atoms. The standard InChI is InChI=1S/C15H25N3OS/c1-2-12(16)15(13-4-3-9-20-13)18-7-5-11(6-8-18)10-14(17)19/h3-4,9,11-12,15H,2,5-8,10,16H2,1H3,(H2,17,19). The Bertz CT molecular complexity index is 413. The van der Waals surface area contributed by atoms with Gasteiger partial charge in [-0.15, -0.1) is 11.3 Å². The Morgan fingerprint density at radius 2 is 2.20 bits per heavy atom. The maximum absolute atomic E-state index is 11.0. The zero-order valence-corrected chi connectivity index (χ0v) is 12.9. The Morgan fingerprint density at radius 3 is 2.70 bits per heavy atom. The van der Waals surface area contributed by atoms with Crippen LogP contribution in [-0.4, -0.2) is 29.9 Å². The number of carbonyl (C=O) groups excluding carboxylic acids is 1. The molecule has 1 aromatic heterocycles. The predicted molar refractivity (Wildman–Crippen MR) is 83.4 cm³/mol. The number of hydrogen-bond donors (Lipinski definition) is 2. The summed E-state index contributed by atoms with van der Waals surface area (Å²) in [4.78, 5) is 14.9. The minimum atomic E-state index is -0.177. The fraction of sp³-hybridized carbons (Fsp3) is 0.667. The molecule has 1 aromatic rings. The molecule has 2 rings (SSSR count). The highest BCUT2D eigenvalue weighted by atomic mass is 32.1. The number of thiophene rings is 1. The summed E-state index contributed by atoms with van der Waals surface area (Å²) in [6.45, 7) is 4.16. The summed E-state index contributed by atoms with van der Waals surface area (Å²) in [5.41, 5.74) is 11.6. The molecule has 2 atom stereocenters. The fourth-order valence-corrected chi connectivity index (χ4v) is 4.00. The van der Waals surface area contributed by atoms with Crippen molar-refractivity contribution in [3.63, 3.8) is 0 Å². The van der Waals surface area contributed by atoms with Gasteiger partial charge in [-0.2, -0.15) is 0 Å². The molecule has 1 aliphatic rings. The molecular formula is C15H25N3OS. The molecule has 1 amide bonds. The summed E-state index contributed by atoms with van der Waals surface area (Å²) < 4.78 is 0. The molecule has 0 spiro atoms. The first-order valence-electron chi connectivity index (χ1n) is 7.43. The number of rotatable bonds is 6. The second kappa shape index (κ2) is 7.20. The summed E-state index contributed by atoms with van der Waals surface area (Å²) in [7, 11) is 0. The van der Waals surface area contributed by atoms with Gasteiger partial charge in [0.1, 0.15) is 0 Å². The van der Waals surface area contributed by atoms with Crippen LogP contribution in [0.25, 0.3) is 0 Å². The summed E-state index contributed by atoms with van der Waals surface area (Å²) in [5.74, 6) is 0.272. The number of likely N-dealkylation sites (tertiary alicyclic amines) is 1. The van der Waals surface area contributed by atoms with Crippen LogP contribution in [-0.2, 0) is 4.79 Å². The highest BCUT2D eigenvalue weighted by Gasteiger charge is 2.30. The minimum Gasteiger partial charge on any atom is -0.370 e. The van der Waals surface area contributed by atoms with E-state index in [-0.39, 0.29) is 11.9 Å². The van der Waals surface area contributed by atoms with Gasteiger partial charge in [-0.1, -0.05) is 13.0 Å². The lowest BCUT2D eigenvalue weighted by Crippen LogP contribution is -2.44. The van der Waals surface area contributed by atoms with Crippen LogP contribution < -0.4 is 11.5 Å². The number of nitrogens with zero attached hydrogens (tertiary/aromatic N) is 1. The zero-order chi connectivity index (χ0) is 14.5. The summed E-state index contributed by atoms with van der Waals surface area (Å²) in [6, 6.07) is 4.76. The van der Waals surface area contributed by atoms with E-state index in [2.05, 4.69) is 29.3 Å². The van der Waals surface area contributed by atoms with Crippen LogP contribution in [0.4, 0.5) is 0 Å². The van der Waals surface area contributed by atoms with Crippen molar-refractivity contribution in [3.05, 3.63) is 22.4 Å². The molecule has 1 fully saturated rings. The van der Waals surface area contributed by atoms with Gasteiger partial charge in [-0.05, 0) is 49.7 Å². The largest absolute Gasteiger partial charge is 0.370 e. The third kappa shape index (κ3) is 3.81. The van der Waals surface area contributed by atoms with Crippen molar-refractivity contribution in [2.45, 2.75) is 44.7 Å². The van der Waals surface area contributed by atoms with Crippen molar-refractivity contribution in [3.8, 4) is 0 Å². The third-order valence-electron chi connectivity index (χ3n) is 4.24. The molecule has 2 heterocycles. The third-order valence-corrected chi connectivity index (χ3v) is 5.19. The van der Waals surface area contributed by atoms with Gasteiger partial charge in [0, 0.05) is 17.3 Å². The molecule has 1 aliphatic heterocycles. The molecule has 112 valence electrons. The minimum absolute atomic E-state index is 0.168. The molecule has 4 N–H and O–H groups in total. The lowest BCUT2D eigenvalue weighted by atomic mass is 9.91. The van der Waals surface area contributed by atoms with Crippen LogP contribution in [0.2, 0.25) is 0 Å². The van der Waals surface area contributed by atoms with E-state index >= 15 is 0 Å². The normalized spacial score (nSPS) is 20.7. The maximum atomic E-state index is 11.0. The number of amides is 1. The van der Waals surface area contributed by atoms with Crippen molar-refractivity contribution in [2.75, 3.05) is 13.1 Å². The maximum Gasteiger partial charge on any atom is 0.217 e. The second-order valence-corrected chi connectivity index (χ2v) is 6.66. The monoisotopic (exact) mass is 295 g/mol. The predicted octanol–water partition coefficient (Wildman–Crippen LogP) is 2.11. The van der Waals surface area contributed by atoms with Crippen LogP contribution in [0.5, 0.6) is 0 Å². The zero-order valence-electron chi connectivity index (χ0n) is 12.1. The van der Waals surface area contributed by atoms with E-state index in [0.717, 1.165) is 32.4 Å². The lowest BCUT2D eigenvalue weighted by Gasteiger charge is -2.39. The smallest absolute Gasteiger partial charge is 0.217 e. The lowest BCUT2D eigenvalue weighted by molar-refractivity contribution is -0.119. The van der Waals surface area contributed by atoms with Gasteiger partial charge in [-0.3, -0.25) is 9.69 Å². The topological polar surface area (TPSA) is 72.3 Å². The van der Waals surface area contributed by atoms with Gasteiger partial charge in [-0.25, -0.2) is 0 Å². The quantitative estimate of drug-likeness (QED) is 0.844. The molecule has 1 saturated heterocycles. The average molecular weight is 295 g/mol. The number of carbonyl (C=O) groups is 1. The van der Waals surface area contributed by atoms with Gasteiger partial charge >= 0.3 is 0 Å². The SMILES string of the molecule is CCC(N)C(c1cccs1)N1CCC(CC(N)=O)CC1. The average Bonchev–Trinajstić information content (AvgIpc) is 2.94. The van der Waals surface area contributed by atoms with Gasteiger partial charge in [0.15, 0.2) is 0 Å². The highest BCUT2D eigenvalue weighted by molar-refractivity contribution is 7.10. The first-order valence-corrected chi connectivity index (χ1v) is 8.31. The van der Waals surface area contributed by atoms with Crippen molar-refractivity contribution in [1.82, 2.24) is 4.90 Å². The molecule has 0 aromatic carbocycles. The Kier molecular flexibility index (Phi) is 5.57. The van der Waals surface area contributed by atoms with E-state index in [0.29, 0.717) is 18.4 Å². The Balaban J connectivity index is 2.00. The second-order valence-electron chi connectivity index (χ2n) is 5.68. The molecule has 0 saturated carbocycles. The summed E-state index contributed by atoms with van der Waals surface area (Å²) in [6.07, 6.45) is 3.59. The highest BCUT2D eigenvalue weighted by Crippen LogP contribution is 2.32. The van der Waals surface area contributed by atoms with E-state index in [1.54, 1.807) is 11.3 Å². The first kappa shape index (κ1) is 15.5. The summed E-state index contributed by atoms with van der Waals surface area (Å²) in [5, 5.41) is 2.12. The number of piperidine rings is 1. The Hall–Kier alpha value is -0.910. The van der Waals surface area contributed by atoms with Crippen molar-refractivity contribution >= 4 is 17.2 Å². The van der Waals surface area contributed by atoms with E-state index in [1.807, 2.05) is 0 Å². The Labute approximate surface area is 125 Å². The number of hydrogen-bond acceptors (Lipinski definition) is 4. The van der Waals surface area contributed by atoms with Gasteiger partial charge < -0.3 is 11.5 Å². The van der Waals surface area contributed by atoms with Crippen molar-refractivity contribution in [2.24, 2.45) is 17.4 Å². The molecule has 20 heavy (non-hydrogen) atoms. The molecule has 5 heteroatoms. The molecular weight excluding hydrogens is 270 g/mol. The van der Waals surface area contributed by atoms with E-state index in [1.165, 1.54) is 4.88 Å². The van der Waals surface area contributed by atoms with Gasteiger partial charge in [0.05, 0.1) is 6.04 Å². The summed E-state index contributed by atoms with van der Waals surface area (Å²) >= 11 is 1.78. The molecule has 2 unspecified atom stereocenters. The van der Waals surface area contributed by atoms with Crippen molar-refractivity contribution < 1.29 is 4.79 Å². The molecule has 0 aliphatic carbocycles. The fourth-order valence-electron chi connectivity index (χ4n) is 3.06. The number of nitrogens with two attached hydrogens (primary N) is 2. The van der Waals surface area contributed by atoms with Gasteiger partial charge in [0.2, 0.25) is 5.91 Å². The first-order chi connectivity index (χ1) is 9.61. The van der Waals surface area contributed by atoms with Crippen LogP contribution in [0.3, 0.4) is 0 Å². The number of primary amides is 1. The molecule has 4 nitrogen and oxygen atoms in total.